The highest BCUT2D eigenvalue weighted by Crippen LogP contribution is 2.12. The Bertz CT molecular complexity index is 381. The average Bonchev–Trinajstić information content (AvgIpc) is 2.24. The van der Waals surface area contributed by atoms with Gasteiger partial charge in [0, 0.05) is 0 Å². The smallest absolute Gasteiger partial charge is 0.408 e. The Balaban J connectivity index is 2.66. The van der Waals surface area contributed by atoms with Crippen LogP contribution in [0.15, 0.2) is 30.3 Å². The molecule has 1 aromatic carbocycles. The SMILES string of the molecule is CC(C)(C)OC(=O)N[C@H]([C]=O)c1ccccc1. The van der Waals surface area contributed by atoms with Crippen LogP contribution >= 0.6 is 0 Å². The molecule has 1 radical (unpaired) electrons. The van der Waals surface area contributed by atoms with Gasteiger partial charge in [0.1, 0.15) is 11.6 Å². The molecular formula is C13H16NO3. The van der Waals surface area contributed by atoms with Gasteiger partial charge in [-0.25, -0.2) is 4.79 Å². The Morgan fingerprint density at radius 1 is 1.29 bits per heavy atom. The maximum absolute atomic E-state index is 11.5. The maximum Gasteiger partial charge on any atom is 0.408 e. The van der Waals surface area contributed by atoms with Gasteiger partial charge in [0.2, 0.25) is 6.29 Å². The van der Waals surface area contributed by atoms with Crippen LogP contribution in [0.3, 0.4) is 0 Å². The summed E-state index contributed by atoms with van der Waals surface area (Å²) >= 11 is 0. The van der Waals surface area contributed by atoms with E-state index < -0.39 is 17.7 Å². The third-order valence-electron chi connectivity index (χ3n) is 1.91. The van der Waals surface area contributed by atoms with Gasteiger partial charge in [-0.05, 0) is 26.3 Å². The highest BCUT2D eigenvalue weighted by atomic mass is 16.6. The first-order valence-corrected chi connectivity index (χ1v) is 5.34. The van der Waals surface area contributed by atoms with Gasteiger partial charge in [-0.1, -0.05) is 30.3 Å². The molecular weight excluding hydrogens is 218 g/mol. The van der Waals surface area contributed by atoms with Crippen LogP contribution in [0.25, 0.3) is 0 Å². The summed E-state index contributed by atoms with van der Waals surface area (Å²) in [6.07, 6.45) is 1.14. The molecule has 17 heavy (non-hydrogen) atoms. The predicted molar refractivity (Wildman–Crippen MR) is 64.2 cm³/mol. The standard InChI is InChI=1S/C13H16NO3/c1-13(2,3)17-12(16)14-11(9-15)10-7-5-4-6-8-10/h4-8,11H,1-3H3,(H,14,16)/t11-/m1/s1. The second kappa shape index (κ2) is 5.48. The Hall–Kier alpha value is -1.84. The van der Waals surface area contributed by atoms with Gasteiger partial charge in [0.25, 0.3) is 0 Å². The second-order valence-electron chi connectivity index (χ2n) is 4.61. The highest BCUT2D eigenvalue weighted by molar-refractivity contribution is 5.74. The van der Waals surface area contributed by atoms with Crippen molar-refractivity contribution in [3.8, 4) is 0 Å². The lowest BCUT2D eigenvalue weighted by Gasteiger charge is -2.21. The zero-order valence-electron chi connectivity index (χ0n) is 10.2. The van der Waals surface area contributed by atoms with Crippen molar-refractivity contribution < 1.29 is 14.3 Å². The van der Waals surface area contributed by atoms with Crippen molar-refractivity contribution >= 4 is 12.4 Å². The summed E-state index contributed by atoms with van der Waals surface area (Å²) in [6.45, 7) is 5.28. The number of benzene rings is 1. The largest absolute Gasteiger partial charge is 0.444 e. The van der Waals surface area contributed by atoms with Gasteiger partial charge in [-0.15, -0.1) is 0 Å². The summed E-state index contributed by atoms with van der Waals surface area (Å²) in [5, 5.41) is 2.45. The zero-order valence-corrected chi connectivity index (χ0v) is 10.2. The molecule has 0 aliphatic heterocycles. The van der Waals surface area contributed by atoms with Gasteiger partial charge in [0.05, 0.1) is 0 Å². The van der Waals surface area contributed by atoms with E-state index in [4.69, 9.17) is 4.74 Å². The quantitative estimate of drug-likeness (QED) is 0.873. The van der Waals surface area contributed by atoms with E-state index >= 15 is 0 Å². The van der Waals surface area contributed by atoms with Gasteiger partial charge < -0.3 is 10.1 Å². The molecule has 0 unspecified atom stereocenters. The van der Waals surface area contributed by atoms with Crippen molar-refractivity contribution in [2.75, 3.05) is 0 Å². The summed E-state index contributed by atoms with van der Waals surface area (Å²) < 4.78 is 5.06. The molecule has 0 aliphatic rings. The van der Waals surface area contributed by atoms with Gasteiger partial charge in [-0.3, -0.25) is 4.79 Å². The molecule has 0 bridgehead atoms. The zero-order chi connectivity index (χ0) is 12.9. The summed E-state index contributed by atoms with van der Waals surface area (Å²) in [7, 11) is 0. The molecule has 91 valence electrons. The minimum atomic E-state index is -0.800. The van der Waals surface area contributed by atoms with E-state index in [0.29, 0.717) is 5.56 Å². The summed E-state index contributed by atoms with van der Waals surface area (Å²) in [5.41, 5.74) is 0.0853. The Labute approximate surface area is 101 Å². The van der Waals surface area contributed by atoms with Crippen LogP contribution < -0.4 is 5.32 Å². The van der Waals surface area contributed by atoms with Crippen molar-refractivity contribution in [3.63, 3.8) is 0 Å². The van der Waals surface area contributed by atoms with E-state index in [0.717, 1.165) is 0 Å². The first kappa shape index (κ1) is 13.2. The van der Waals surface area contributed by atoms with Crippen LogP contribution in [0.1, 0.15) is 32.4 Å². The number of rotatable bonds is 3. The fourth-order valence-electron chi connectivity index (χ4n) is 1.25. The van der Waals surface area contributed by atoms with E-state index in [-0.39, 0.29) is 0 Å². The first-order valence-electron chi connectivity index (χ1n) is 5.34. The molecule has 0 fully saturated rings. The van der Waals surface area contributed by atoms with Gasteiger partial charge >= 0.3 is 6.09 Å². The molecule has 0 heterocycles. The van der Waals surface area contributed by atoms with Crippen LogP contribution in [0.4, 0.5) is 4.79 Å². The lowest BCUT2D eigenvalue weighted by atomic mass is 10.1. The molecule has 1 N–H and O–H groups in total. The minimum absolute atomic E-state index is 0.589. The van der Waals surface area contributed by atoms with Gasteiger partial charge in [-0.2, -0.15) is 0 Å². The van der Waals surface area contributed by atoms with E-state index in [1.54, 1.807) is 51.3 Å². The minimum Gasteiger partial charge on any atom is -0.444 e. The van der Waals surface area contributed by atoms with Crippen LogP contribution in [-0.4, -0.2) is 18.0 Å². The number of amides is 1. The molecule has 0 aromatic heterocycles. The normalized spacial score (nSPS) is 12.6. The number of carbonyl (C=O) groups excluding carboxylic acids is 2. The van der Waals surface area contributed by atoms with Crippen molar-refractivity contribution in [1.82, 2.24) is 5.32 Å². The summed E-state index contributed by atoms with van der Waals surface area (Å²) in [4.78, 5) is 22.3. The molecule has 0 aliphatic carbocycles. The van der Waals surface area contributed by atoms with Crippen LogP contribution in [0.5, 0.6) is 0 Å². The number of hydrogen-bond donors (Lipinski definition) is 1. The third-order valence-corrected chi connectivity index (χ3v) is 1.91. The highest BCUT2D eigenvalue weighted by Gasteiger charge is 2.20. The Kier molecular flexibility index (Phi) is 4.26. The molecule has 1 aromatic rings. The van der Waals surface area contributed by atoms with Crippen LogP contribution in [0.2, 0.25) is 0 Å². The lowest BCUT2D eigenvalue weighted by molar-refractivity contribution is 0.0517. The van der Waals surface area contributed by atoms with Crippen molar-refractivity contribution in [2.45, 2.75) is 32.4 Å². The van der Waals surface area contributed by atoms with Crippen molar-refractivity contribution in [1.29, 1.82) is 0 Å². The van der Waals surface area contributed by atoms with Crippen molar-refractivity contribution in [2.24, 2.45) is 0 Å². The Morgan fingerprint density at radius 2 is 1.88 bits per heavy atom. The monoisotopic (exact) mass is 234 g/mol. The second-order valence-corrected chi connectivity index (χ2v) is 4.61. The van der Waals surface area contributed by atoms with E-state index in [1.165, 1.54) is 0 Å². The maximum atomic E-state index is 11.5. The molecule has 4 heteroatoms. The fourth-order valence-corrected chi connectivity index (χ4v) is 1.25. The molecule has 0 saturated heterocycles. The number of ether oxygens (including phenoxy) is 1. The molecule has 4 nitrogen and oxygen atoms in total. The Morgan fingerprint density at radius 3 is 2.35 bits per heavy atom. The predicted octanol–water partition coefficient (Wildman–Crippen LogP) is 2.36. The molecule has 0 spiro atoms. The van der Waals surface area contributed by atoms with Crippen LogP contribution in [0, 0.1) is 0 Å². The number of hydrogen-bond acceptors (Lipinski definition) is 3. The lowest BCUT2D eigenvalue weighted by Crippen LogP contribution is -2.35. The number of alkyl carbamates (subject to hydrolysis) is 1. The number of carbonyl (C=O) groups is 1. The van der Waals surface area contributed by atoms with E-state index in [9.17, 15) is 9.59 Å². The van der Waals surface area contributed by atoms with Crippen LogP contribution in [-0.2, 0) is 9.53 Å². The third kappa shape index (κ3) is 4.68. The molecule has 0 saturated carbocycles. The average molecular weight is 234 g/mol. The first-order chi connectivity index (χ1) is 7.92. The van der Waals surface area contributed by atoms with Gasteiger partial charge in [0.15, 0.2) is 0 Å². The van der Waals surface area contributed by atoms with Crippen molar-refractivity contribution in [3.05, 3.63) is 35.9 Å². The molecule has 1 atom stereocenters. The summed E-state index contributed by atoms with van der Waals surface area (Å²) in [5.74, 6) is 0. The fraction of sp³-hybridized carbons (Fsp3) is 0.385. The van der Waals surface area contributed by atoms with E-state index in [1.807, 2.05) is 6.07 Å². The molecule has 1 rings (SSSR count). The number of nitrogens with one attached hydrogen (secondary N) is 1. The van der Waals surface area contributed by atoms with E-state index in [2.05, 4.69) is 5.32 Å². The summed E-state index contributed by atoms with van der Waals surface area (Å²) in [6, 6.07) is 8.09. The molecule has 1 amide bonds. The topological polar surface area (TPSA) is 55.4 Å².